The summed E-state index contributed by atoms with van der Waals surface area (Å²) in [6, 6.07) is 7.94. The summed E-state index contributed by atoms with van der Waals surface area (Å²) < 4.78 is 4.79. The highest BCUT2D eigenvalue weighted by molar-refractivity contribution is 9.08. The molecule has 0 unspecified atom stereocenters. The van der Waals surface area contributed by atoms with Crippen LogP contribution in [-0.4, -0.2) is 13.1 Å². The van der Waals surface area contributed by atoms with E-state index in [-0.39, 0.29) is 5.97 Å². The number of benzene rings is 1. The Balaban J connectivity index is 3.09. The van der Waals surface area contributed by atoms with E-state index in [0.717, 1.165) is 16.5 Å². The van der Waals surface area contributed by atoms with Crippen molar-refractivity contribution in [2.24, 2.45) is 0 Å². The quantitative estimate of drug-likeness (QED) is 0.624. The van der Waals surface area contributed by atoms with Gasteiger partial charge in [-0.2, -0.15) is 0 Å². The van der Waals surface area contributed by atoms with Gasteiger partial charge in [-0.3, -0.25) is 4.79 Å². The van der Waals surface area contributed by atoms with Gasteiger partial charge < -0.3 is 4.74 Å². The van der Waals surface area contributed by atoms with Gasteiger partial charge in [0.25, 0.3) is 0 Å². The number of esters is 1. The summed E-state index contributed by atoms with van der Waals surface area (Å²) in [7, 11) is 1.42. The zero-order chi connectivity index (χ0) is 11.5. The predicted octanol–water partition coefficient (Wildman–Crippen LogP) is 3.03. The van der Waals surface area contributed by atoms with E-state index >= 15 is 0 Å². The van der Waals surface area contributed by atoms with Crippen molar-refractivity contribution in [1.29, 1.82) is 0 Å². The van der Waals surface area contributed by atoms with E-state index in [9.17, 15) is 4.79 Å². The highest BCUT2D eigenvalue weighted by Gasteiger charge is 2.30. The molecule has 1 aromatic rings. The summed E-state index contributed by atoms with van der Waals surface area (Å²) in [5.74, 6) is -0.214. The third-order valence-electron chi connectivity index (χ3n) is 2.50. The molecule has 1 rings (SSSR count). The van der Waals surface area contributed by atoms with Crippen LogP contribution in [0.15, 0.2) is 24.3 Å². The van der Waals surface area contributed by atoms with Gasteiger partial charge in [0.2, 0.25) is 0 Å². The number of hydrogen-bond acceptors (Lipinski definition) is 2. The van der Waals surface area contributed by atoms with Crippen molar-refractivity contribution in [2.75, 3.05) is 7.11 Å². The minimum Gasteiger partial charge on any atom is -0.468 e. The number of carbonyl (C=O) groups is 1. The molecule has 0 aromatic heterocycles. The first kappa shape index (κ1) is 12.2. The smallest absolute Gasteiger partial charge is 0.315 e. The molecule has 0 heterocycles. The molecule has 15 heavy (non-hydrogen) atoms. The second-order valence-corrected chi connectivity index (χ2v) is 4.51. The Morgan fingerprint density at radius 1 is 1.47 bits per heavy atom. The molecule has 0 aliphatic carbocycles. The van der Waals surface area contributed by atoms with E-state index in [0.29, 0.717) is 0 Å². The molecule has 0 fully saturated rings. The Morgan fingerprint density at radius 3 is 2.67 bits per heavy atom. The molecule has 2 nitrogen and oxygen atoms in total. The molecule has 0 aliphatic rings. The maximum absolute atomic E-state index is 11.6. The zero-order valence-electron chi connectivity index (χ0n) is 9.21. The van der Waals surface area contributed by atoms with Gasteiger partial charge in [0.15, 0.2) is 0 Å². The van der Waals surface area contributed by atoms with Gasteiger partial charge in [0, 0.05) is 5.33 Å². The molecule has 0 bridgehead atoms. The fraction of sp³-hybridized carbons (Fsp3) is 0.417. The van der Waals surface area contributed by atoms with Crippen LogP contribution in [0.2, 0.25) is 0 Å². The lowest BCUT2D eigenvalue weighted by atomic mass is 9.84. The van der Waals surface area contributed by atoms with Crippen LogP contribution in [0.4, 0.5) is 0 Å². The van der Waals surface area contributed by atoms with E-state index in [1.54, 1.807) is 0 Å². The van der Waals surface area contributed by atoms with Gasteiger partial charge >= 0.3 is 5.97 Å². The molecule has 0 aliphatic heterocycles. The van der Waals surface area contributed by atoms with Crippen molar-refractivity contribution in [3.8, 4) is 0 Å². The van der Waals surface area contributed by atoms with E-state index < -0.39 is 5.41 Å². The van der Waals surface area contributed by atoms with Crippen LogP contribution in [0.1, 0.15) is 25.0 Å². The zero-order valence-corrected chi connectivity index (χ0v) is 10.8. The van der Waals surface area contributed by atoms with Gasteiger partial charge in [-0.15, -0.1) is 0 Å². The summed E-state index contributed by atoms with van der Waals surface area (Å²) in [4.78, 5) is 11.6. The molecule has 0 atom stereocenters. The SMILES string of the molecule is COC(=O)C(C)(C)c1cccc(CBr)c1. The Labute approximate surface area is 98.8 Å². The van der Waals surface area contributed by atoms with Gasteiger partial charge in [-0.25, -0.2) is 0 Å². The van der Waals surface area contributed by atoms with Gasteiger partial charge in [0.05, 0.1) is 12.5 Å². The van der Waals surface area contributed by atoms with Crippen molar-refractivity contribution in [3.05, 3.63) is 35.4 Å². The highest BCUT2D eigenvalue weighted by Crippen LogP contribution is 2.25. The minimum atomic E-state index is -0.590. The lowest BCUT2D eigenvalue weighted by Gasteiger charge is -2.22. The summed E-state index contributed by atoms with van der Waals surface area (Å²) >= 11 is 3.40. The van der Waals surface area contributed by atoms with Crippen LogP contribution in [0.5, 0.6) is 0 Å². The van der Waals surface area contributed by atoms with E-state index in [4.69, 9.17) is 4.74 Å². The number of alkyl halides is 1. The number of rotatable bonds is 3. The van der Waals surface area contributed by atoms with Gasteiger partial charge in [-0.1, -0.05) is 40.2 Å². The normalized spacial score (nSPS) is 11.2. The molecule has 3 heteroatoms. The van der Waals surface area contributed by atoms with Crippen LogP contribution in [0.25, 0.3) is 0 Å². The molecule has 0 radical (unpaired) electrons. The summed E-state index contributed by atoms with van der Waals surface area (Å²) in [5, 5.41) is 0.790. The second-order valence-electron chi connectivity index (χ2n) is 3.95. The topological polar surface area (TPSA) is 26.3 Å². The molecule has 82 valence electrons. The van der Waals surface area contributed by atoms with Crippen molar-refractivity contribution in [1.82, 2.24) is 0 Å². The first-order valence-corrected chi connectivity index (χ1v) is 5.88. The van der Waals surface area contributed by atoms with Crippen molar-refractivity contribution in [2.45, 2.75) is 24.6 Å². The van der Waals surface area contributed by atoms with E-state index in [1.807, 2.05) is 38.1 Å². The Hall–Kier alpha value is -0.830. The van der Waals surface area contributed by atoms with Crippen molar-refractivity contribution in [3.63, 3.8) is 0 Å². The number of ether oxygens (including phenoxy) is 1. The van der Waals surface area contributed by atoms with Gasteiger partial charge in [0.1, 0.15) is 0 Å². The maximum Gasteiger partial charge on any atom is 0.315 e. The fourth-order valence-electron chi connectivity index (χ4n) is 1.42. The Bertz CT molecular complexity index is 358. The van der Waals surface area contributed by atoms with Crippen molar-refractivity contribution < 1.29 is 9.53 Å². The van der Waals surface area contributed by atoms with E-state index in [2.05, 4.69) is 15.9 Å². The predicted molar refractivity (Wildman–Crippen MR) is 64.1 cm³/mol. The molecule has 0 N–H and O–H groups in total. The summed E-state index contributed by atoms with van der Waals surface area (Å²) in [5.41, 5.74) is 1.54. The lowest BCUT2D eigenvalue weighted by molar-refractivity contribution is -0.146. The molecule has 1 aromatic carbocycles. The summed E-state index contributed by atoms with van der Waals surface area (Å²) in [6.07, 6.45) is 0. The maximum atomic E-state index is 11.6. The molecule has 0 saturated carbocycles. The summed E-state index contributed by atoms with van der Waals surface area (Å²) in [6.45, 7) is 3.73. The molecular weight excluding hydrogens is 256 g/mol. The van der Waals surface area contributed by atoms with Crippen molar-refractivity contribution >= 4 is 21.9 Å². The number of hydrogen-bond donors (Lipinski definition) is 0. The number of halogens is 1. The Morgan fingerprint density at radius 2 is 2.13 bits per heavy atom. The van der Waals surface area contributed by atoms with Crippen LogP contribution < -0.4 is 0 Å². The van der Waals surface area contributed by atoms with Crippen LogP contribution in [-0.2, 0) is 20.3 Å². The monoisotopic (exact) mass is 270 g/mol. The first-order chi connectivity index (χ1) is 7.02. The molecular formula is C12H15BrO2. The second kappa shape index (κ2) is 4.79. The first-order valence-electron chi connectivity index (χ1n) is 4.76. The average molecular weight is 271 g/mol. The standard InChI is InChI=1S/C12H15BrO2/c1-12(2,11(14)15-3)10-6-4-5-9(7-10)8-13/h4-7H,8H2,1-3H3. The third kappa shape index (κ3) is 2.59. The third-order valence-corrected chi connectivity index (χ3v) is 3.15. The number of carbonyl (C=O) groups excluding carboxylic acids is 1. The van der Waals surface area contributed by atoms with Crippen LogP contribution in [0, 0.1) is 0 Å². The molecule has 0 spiro atoms. The fourth-order valence-corrected chi connectivity index (χ4v) is 1.77. The largest absolute Gasteiger partial charge is 0.468 e. The lowest BCUT2D eigenvalue weighted by Crippen LogP contribution is -2.30. The number of methoxy groups -OCH3 is 1. The average Bonchev–Trinajstić information content (AvgIpc) is 2.27. The van der Waals surface area contributed by atoms with Crippen LogP contribution >= 0.6 is 15.9 Å². The molecule has 0 amide bonds. The molecule has 0 saturated heterocycles. The Kier molecular flexibility index (Phi) is 3.91. The van der Waals surface area contributed by atoms with Gasteiger partial charge in [-0.05, 0) is 25.0 Å². The minimum absolute atomic E-state index is 0.214. The van der Waals surface area contributed by atoms with E-state index in [1.165, 1.54) is 7.11 Å². The van der Waals surface area contributed by atoms with Crippen LogP contribution in [0.3, 0.4) is 0 Å². The highest BCUT2D eigenvalue weighted by atomic mass is 79.9.